The first-order chi connectivity index (χ1) is 8.74. The van der Waals surface area contributed by atoms with Gasteiger partial charge in [-0.1, -0.05) is 0 Å². The quantitative estimate of drug-likeness (QED) is 0.852. The Morgan fingerprint density at radius 2 is 2.17 bits per heavy atom. The second kappa shape index (κ2) is 4.53. The Balaban J connectivity index is 1.78. The van der Waals surface area contributed by atoms with Crippen LogP contribution in [0.3, 0.4) is 0 Å². The molecule has 2 heterocycles. The topological polar surface area (TPSA) is 58.3 Å². The molecule has 18 heavy (non-hydrogen) atoms. The van der Waals surface area contributed by atoms with E-state index in [0.717, 1.165) is 30.4 Å². The standard InChI is InChI=1S/C12H18N6/c1-17(2)8-7-13-10-5-6-11-14-15-12(9-3-4-9)18(11)16-10/h5-6,9H,3-4,7-8H2,1-2H3,(H,13,16). The zero-order valence-corrected chi connectivity index (χ0v) is 10.8. The summed E-state index contributed by atoms with van der Waals surface area (Å²) >= 11 is 0. The van der Waals surface area contributed by atoms with Gasteiger partial charge in [0.2, 0.25) is 0 Å². The van der Waals surface area contributed by atoms with Crippen LogP contribution in [0, 0.1) is 0 Å². The molecular formula is C12H18N6. The molecule has 1 saturated carbocycles. The Kier molecular flexibility index (Phi) is 2.87. The highest BCUT2D eigenvalue weighted by Crippen LogP contribution is 2.38. The molecule has 6 nitrogen and oxygen atoms in total. The van der Waals surface area contributed by atoms with Gasteiger partial charge in [0.15, 0.2) is 11.5 Å². The number of rotatable bonds is 5. The molecule has 0 saturated heterocycles. The lowest BCUT2D eigenvalue weighted by Crippen LogP contribution is -2.21. The highest BCUT2D eigenvalue weighted by atomic mass is 15.4. The summed E-state index contributed by atoms with van der Waals surface area (Å²) in [5, 5.41) is 16.2. The number of aromatic nitrogens is 4. The molecule has 1 fully saturated rings. The van der Waals surface area contributed by atoms with Crippen LogP contribution in [0.4, 0.5) is 5.82 Å². The second-order valence-electron chi connectivity index (χ2n) is 5.05. The fraction of sp³-hybridized carbons (Fsp3) is 0.583. The number of hydrogen-bond acceptors (Lipinski definition) is 5. The summed E-state index contributed by atoms with van der Waals surface area (Å²) in [6.45, 7) is 1.86. The van der Waals surface area contributed by atoms with Gasteiger partial charge in [0.05, 0.1) is 0 Å². The van der Waals surface area contributed by atoms with E-state index < -0.39 is 0 Å². The van der Waals surface area contributed by atoms with Crippen molar-refractivity contribution in [2.24, 2.45) is 0 Å². The molecule has 0 bridgehead atoms. The Bertz CT molecular complexity index is 542. The maximum absolute atomic E-state index is 4.56. The predicted octanol–water partition coefficient (Wildman–Crippen LogP) is 0.975. The van der Waals surface area contributed by atoms with E-state index in [1.54, 1.807) is 0 Å². The molecule has 2 aromatic heterocycles. The largest absolute Gasteiger partial charge is 0.367 e. The van der Waals surface area contributed by atoms with Crippen molar-refractivity contribution in [3.63, 3.8) is 0 Å². The smallest absolute Gasteiger partial charge is 0.178 e. The van der Waals surface area contributed by atoms with Crippen LogP contribution in [0.25, 0.3) is 5.65 Å². The molecule has 0 unspecified atom stereocenters. The lowest BCUT2D eigenvalue weighted by Gasteiger charge is -2.10. The number of likely N-dealkylation sites (N-methyl/N-ethyl adjacent to an activating group) is 1. The summed E-state index contributed by atoms with van der Waals surface area (Å²) in [6.07, 6.45) is 2.42. The monoisotopic (exact) mass is 246 g/mol. The lowest BCUT2D eigenvalue weighted by molar-refractivity contribution is 0.425. The highest BCUT2D eigenvalue weighted by Gasteiger charge is 2.29. The van der Waals surface area contributed by atoms with Crippen molar-refractivity contribution in [1.29, 1.82) is 0 Å². The molecule has 6 heteroatoms. The van der Waals surface area contributed by atoms with E-state index >= 15 is 0 Å². The third-order valence-corrected chi connectivity index (χ3v) is 3.09. The van der Waals surface area contributed by atoms with Crippen molar-refractivity contribution in [2.75, 3.05) is 32.5 Å². The molecule has 1 N–H and O–H groups in total. The fourth-order valence-corrected chi connectivity index (χ4v) is 1.90. The van der Waals surface area contributed by atoms with Crippen LogP contribution in [0.5, 0.6) is 0 Å². The molecule has 0 radical (unpaired) electrons. The van der Waals surface area contributed by atoms with Gasteiger partial charge in [0, 0.05) is 19.0 Å². The van der Waals surface area contributed by atoms with E-state index in [9.17, 15) is 0 Å². The van der Waals surface area contributed by atoms with Crippen molar-refractivity contribution in [2.45, 2.75) is 18.8 Å². The SMILES string of the molecule is CN(C)CCNc1ccc2nnc(C3CC3)n2n1. The summed E-state index contributed by atoms with van der Waals surface area (Å²) < 4.78 is 1.87. The average molecular weight is 246 g/mol. The summed E-state index contributed by atoms with van der Waals surface area (Å²) in [6, 6.07) is 3.92. The Morgan fingerprint density at radius 3 is 2.89 bits per heavy atom. The minimum Gasteiger partial charge on any atom is -0.367 e. The van der Waals surface area contributed by atoms with Crippen molar-refractivity contribution >= 4 is 11.5 Å². The molecule has 1 aliphatic carbocycles. The fourth-order valence-electron chi connectivity index (χ4n) is 1.90. The van der Waals surface area contributed by atoms with E-state index in [-0.39, 0.29) is 0 Å². The highest BCUT2D eigenvalue weighted by molar-refractivity contribution is 5.44. The van der Waals surface area contributed by atoms with Crippen LogP contribution in [0.15, 0.2) is 12.1 Å². The molecule has 1 aliphatic rings. The summed E-state index contributed by atoms with van der Waals surface area (Å²) in [4.78, 5) is 2.14. The van der Waals surface area contributed by atoms with Crippen LogP contribution in [0.2, 0.25) is 0 Å². The molecule has 0 amide bonds. The van der Waals surface area contributed by atoms with E-state index in [4.69, 9.17) is 0 Å². The maximum Gasteiger partial charge on any atom is 0.178 e. The van der Waals surface area contributed by atoms with Gasteiger partial charge in [-0.3, -0.25) is 0 Å². The lowest BCUT2D eigenvalue weighted by atomic mass is 10.4. The van der Waals surface area contributed by atoms with Gasteiger partial charge in [-0.2, -0.15) is 4.52 Å². The number of anilines is 1. The molecule has 96 valence electrons. The third kappa shape index (κ3) is 2.28. The Hall–Kier alpha value is -1.69. The van der Waals surface area contributed by atoms with Crippen LogP contribution in [-0.2, 0) is 0 Å². The molecular weight excluding hydrogens is 228 g/mol. The molecule has 3 rings (SSSR count). The van der Waals surface area contributed by atoms with Crippen molar-refractivity contribution in [1.82, 2.24) is 24.7 Å². The zero-order valence-electron chi connectivity index (χ0n) is 10.8. The van der Waals surface area contributed by atoms with E-state index in [2.05, 4.69) is 39.6 Å². The zero-order chi connectivity index (χ0) is 12.5. The van der Waals surface area contributed by atoms with E-state index in [1.165, 1.54) is 12.8 Å². The third-order valence-electron chi connectivity index (χ3n) is 3.09. The minimum atomic E-state index is 0.560. The minimum absolute atomic E-state index is 0.560. The van der Waals surface area contributed by atoms with Gasteiger partial charge in [-0.15, -0.1) is 15.3 Å². The second-order valence-corrected chi connectivity index (χ2v) is 5.05. The number of nitrogens with one attached hydrogen (secondary N) is 1. The van der Waals surface area contributed by atoms with Crippen LogP contribution in [0.1, 0.15) is 24.6 Å². The first-order valence-corrected chi connectivity index (χ1v) is 6.35. The summed E-state index contributed by atoms with van der Waals surface area (Å²) in [5.74, 6) is 2.44. The van der Waals surface area contributed by atoms with E-state index in [0.29, 0.717) is 5.92 Å². The maximum atomic E-state index is 4.56. The van der Waals surface area contributed by atoms with Gasteiger partial charge in [-0.05, 0) is 39.1 Å². The Morgan fingerprint density at radius 1 is 1.33 bits per heavy atom. The van der Waals surface area contributed by atoms with Gasteiger partial charge >= 0.3 is 0 Å². The molecule has 0 atom stereocenters. The number of nitrogens with zero attached hydrogens (tertiary/aromatic N) is 5. The molecule has 0 spiro atoms. The van der Waals surface area contributed by atoms with Crippen molar-refractivity contribution < 1.29 is 0 Å². The van der Waals surface area contributed by atoms with Crippen LogP contribution in [-0.4, -0.2) is 51.9 Å². The number of hydrogen-bond donors (Lipinski definition) is 1. The summed E-state index contributed by atoms with van der Waals surface area (Å²) in [5.41, 5.74) is 0.829. The molecule has 0 aliphatic heterocycles. The molecule has 0 aromatic carbocycles. The normalized spacial score (nSPS) is 15.5. The first kappa shape index (κ1) is 11.4. The van der Waals surface area contributed by atoms with Crippen LogP contribution < -0.4 is 5.32 Å². The van der Waals surface area contributed by atoms with Crippen molar-refractivity contribution in [3.05, 3.63) is 18.0 Å². The molecule has 2 aromatic rings. The Labute approximate surface area is 106 Å². The number of fused-ring (bicyclic) bond motifs is 1. The van der Waals surface area contributed by atoms with Gasteiger partial charge < -0.3 is 10.2 Å². The van der Waals surface area contributed by atoms with Gasteiger partial charge in [-0.25, -0.2) is 0 Å². The van der Waals surface area contributed by atoms with Crippen LogP contribution >= 0.6 is 0 Å². The van der Waals surface area contributed by atoms with Gasteiger partial charge in [0.25, 0.3) is 0 Å². The summed E-state index contributed by atoms with van der Waals surface area (Å²) in [7, 11) is 4.12. The predicted molar refractivity (Wildman–Crippen MR) is 69.8 cm³/mol. The van der Waals surface area contributed by atoms with E-state index in [1.807, 2.05) is 16.6 Å². The first-order valence-electron chi connectivity index (χ1n) is 6.35. The average Bonchev–Trinajstić information content (AvgIpc) is 3.09. The van der Waals surface area contributed by atoms with Crippen molar-refractivity contribution in [3.8, 4) is 0 Å². The van der Waals surface area contributed by atoms with Gasteiger partial charge in [0.1, 0.15) is 5.82 Å².